The van der Waals surface area contributed by atoms with Crippen molar-refractivity contribution in [3.05, 3.63) is 18.1 Å². The lowest BCUT2D eigenvalue weighted by Crippen LogP contribution is -2.35. The first kappa shape index (κ1) is 14.4. The number of anilines is 1. The molecule has 2 N–H and O–H groups in total. The molecule has 100 valence electrons. The van der Waals surface area contributed by atoms with Crippen LogP contribution >= 0.6 is 0 Å². The van der Waals surface area contributed by atoms with Crippen molar-refractivity contribution in [2.45, 2.75) is 19.4 Å². The summed E-state index contributed by atoms with van der Waals surface area (Å²) >= 11 is 0. The lowest BCUT2D eigenvalue weighted by atomic mass is 10.2. The maximum Gasteiger partial charge on any atom is 0.271 e. The highest BCUT2D eigenvalue weighted by atomic mass is 16.1. The van der Waals surface area contributed by atoms with E-state index in [1.54, 1.807) is 13.2 Å². The molecule has 1 unspecified atom stereocenters. The standard InChI is InChI=1S/C12H21N5O/c1-9(5-6-17(3)4)16-12(18)10-7-15-11(13-2)8-14-10/h7-9H,5-6H2,1-4H3,(H,13,15)(H,16,18). The Labute approximate surface area is 108 Å². The molecule has 1 heterocycles. The van der Waals surface area contributed by atoms with Gasteiger partial charge in [0.1, 0.15) is 11.5 Å². The van der Waals surface area contributed by atoms with Crippen LogP contribution in [0, 0.1) is 0 Å². The third-order valence-electron chi connectivity index (χ3n) is 2.53. The number of nitrogens with zero attached hydrogens (tertiary/aromatic N) is 3. The average molecular weight is 251 g/mol. The minimum absolute atomic E-state index is 0.116. The van der Waals surface area contributed by atoms with Gasteiger partial charge in [0.15, 0.2) is 0 Å². The molecule has 18 heavy (non-hydrogen) atoms. The van der Waals surface area contributed by atoms with Gasteiger partial charge < -0.3 is 15.5 Å². The van der Waals surface area contributed by atoms with Gasteiger partial charge in [-0.2, -0.15) is 0 Å². The number of carbonyl (C=O) groups is 1. The van der Waals surface area contributed by atoms with Gasteiger partial charge in [-0.15, -0.1) is 0 Å². The van der Waals surface area contributed by atoms with Gasteiger partial charge in [-0.1, -0.05) is 0 Å². The maximum atomic E-state index is 11.9. The van der Waals surface area contributed by atoms with Crippen molar-refractivity contribution in [2.24, 2.45) is 0 Å². The van der Waals surface area contributed by atoms with Gasteiger partial charge in [0, 0.05) is 13.1 Å². The largest absolute Gasteiger partial charge is 0.372 e. The van der Waals surface area contributed by atoms with Crippen LogP contribution in [0.15, 0.2) is 12.4 Å². The number of hydrogen-bond acceptors (Lipinski definition) is 5. The molecule has 1 atom stereocenters. The van der Waals surface area contributed by atoms with Crippen LogP contribution in [0.4, 0.5) is 5.82 Å². The Kier molecular flexibility index (Phi) is 5.51. The summed E-state index contributed by atoms with van der Waals surface area (Å²) in [7, 11) is 5.78. The molecular weight excluding hydrogens is 230 g/mol. The number of hydrogen-bond donors (Lipinski definition) is 2. The number of amides is 1. The molecular formula is C12H21N5O. The van der Waals surface area contributed by atoms with E-state index in [2.05, 4.69) is 25.5 Å². The molecule has 0 spiro atoms. The van der Waals surface area contributed by atoms with Crippen LogP contribution in [0.5, 0.6) is 0 Å². The van der Waals surface area contributed by atoms with Gasteiger partial charge in [-0.25, -0.2) is 9.97 Å². The van der Waals surface area contributed by atoms with E-state index in [4.69, 9.17) is 0 Å². The quantitative estimate of drug-likeness (QED) is 0.774. The summed E-state index contributed by atoms with van der Waals surface area (Å²) in [4.78, 5) is 22.0. The maximum absolute atomic E-state index is 11.9. The van der Waals surface area contributed by atoms with Gasteiger partial charge in [-0.3, -0.25) is 4.79 Å². The molecule has 0 radical (unpaired) electrons. The summed E-state index contributed by atoms with van der Waals surface area (Å²) in [6, 6.07) is 0.116. The first-order chi connectivity index (χ1) is 8.52. The number of rotatable bonds is 6. The fourth-order valence-corrected chi connectivity index (χ4v) is 1.40. The van der Waals surface area contributed by atoms with Crippen LogP contribution in [0.3, 0.4) is 0 Å². The predicted octanol–water partition coefficient (Wildman–Crippen LogP) is 0.588. The Morgan fingerprint density at radius 2 is 2.11 bits per heavy atom. The smallest absolute Gasteiger partial charge is 0.271 e. The second-order valence-corrected chi connectivity index (χ2v) is 4.50. The Morgan fingerprint density at radius 3 is 2.61 bits per heavy atom. The molecule has 0 saturated heterocycles. The topological polar surface area (TPSA) is 70.2 Å². The van der Waals surface area contributed by atoms with E-state index < -0.39 is 0 Å². The van der Waals surface area contributed by atoms with Gasteiger partial charge in [0.05, 0.1) is 12.4 Å². The molecule has 0 aliphatic rings. The van der Waals surface area contributed by atoms with Crippen LogP contribution in [-0.4, -0.2) is 54.5 Å². The normalized spacial score (nSPS) is 12.3. The minimum atomic E-state index is -0.184. The van der Waals surface area contributed by atoms with Gasteiger partial charge in [0.2, 0.25) is 0 Å². The molecule has 1 aromatic rings. The zero-order chi connectivity index (χ0) is 13.5. The Morgan fingerprint density at radius 1 is 1.39 bits per heavy atom. The first-order valence-corrected chi connectivity index (χ1v) is 5.98. The summed E-state index contributed by atoms with van der Waals surface area (Å²) in [6.45, 7) is 2.92. The molecule has 6 nitrogen and oxygen atoms in total. The molecule has 1 amide bonds. The zero-order valence-electron chi connectivity index (χ0n) is 11.4. The van der Waals surface area contributed by atoms with Crippen molar-refractivity contribution in [2.75, 3.05) is 33.0 Å². The number of aromatic nitrogens is 2. The van der Waals surface area contributed by atoms with Crippen LogP contribution in [0.25, 0.3) is 0 Å². The van der Waals surface area contributed by atoms with Crippen LogP contribution in [0.2, 0.25) is 0 Å². The molecule has 1 rings (SSSR count). The number of carbonyl (C=O) groups excluding carboxylic acids is 1. The lowest BCUT2D eigenvalue weighted by Gasteiger charge is -2.16. The summed E-state index contributed by atoms with van der Waals surface area (Å²) < 4.78 is 0. The Balaban J connectivity index is 2.48. The Bertz CT molecular complexity index is 377. The first-order valence-electron chi connectivity index (χ1n) is 5.98. The van der Waals surface area contributed by atoms with Gasteiger partial charge >= 0.3 is 0 Å². The third kappa shape index (κ3) is 4.67. The van der Waals surface area contributed by atoms with E-state index in [-0.39, 0.29) is 11.9 Å². The summed E-state index contributed by atoms with van der Waals surface area (Å²) in [6.07, 6.45) is 3.92. The summed E-state index contributed by atoms with van der Waals surface area (Å²) in [5.41, 5.74) is 0.339. The van der Waals surface area contributed by atoms with Crippen molar-refractivity contribution in [1.29, 1.82) is 0 Å². The fraction of sp³-hybridized carbons (Fsp3) is 0.583. The van der Waals surface area contributed by atoms with Crippen molar-refractivity contribution in [1.82, 2.24) is 20.2 Å². The molecule has 0 aliphatic carbocycles. The van der Waals surface area contributed by atoms with E-state index in [9.17, 15) is 4.79 Å². The number of nitrogens with one attached hydrogen (secondary N) is 2. The van der Waals surface area contributed by atoms with Crippen LogP contribution in [-0.2, 0) is 0 Å². The Hall–Kier alpha value is -1.69. The summed E-state index contributed by atoms with van der Waals surface area (Å²) in [5, 5.41) is 5.76. The summed E-state index contributed by atoms with van der Waals surface area (Å²) in [5.74, 6) is 0.462. The van der Waals surface area contributed by atoms with Gasteiger partial charge in [0.25, 0.3) is 5.91 Å². The minimum Gasteiger partial charge on any atom is -0.372 e. The zero-order valence-corrected chi connectivity index (χ0v) is 11.4. The highest BCUT2D eigenvalue weighted by Gasteiger charge is 2.11. The molecule has 0 bridgehead atoms. The van der Waals surface area contributed by atoms with Crippen LogP contribution < -0.4 is 10.6 Å². The van der Waals surface area contributed by atoms with E-state index in [1.807, 2.05) is 21.0 Å². The predicted molar refractivity (Wildman–Crippen MR) is 71.7 cm³/mol. The van der Waals surface area contributed by atoms with Crippen molar-refractivity contribution >= 4 is 11.7 Å². The van der Waals surface area contributed by atoms with E-state index >= 15 is 0 Å². The van der Waals surface area contributed by atoms with Crippen LogP contribution in [0.1, 0.15) is 23.8 Å². The highest BCUT2D eigenvalue weighted by molar-refractivity contribution is 5.92. The van der Waals surface area contributed by atoms with E-state index in [1.165, 1.54) is 6.20 Å². The van der Waals surface area contributed by atoms with E-state index in [0.29, 0.717) is 11.5 Å². The molecule has 0 saturated carbocycles. The average Bonchev–Trinajstić information content (AvgIpc) is 2.36. The SMILES string of the molecule is CNc1cnc(C(=O)NC(C)CCN(C)C)cn1. The van der Waals surface area contributed by atoms with E-state index in [0.717, 1.165) is 13.0 Å². The molecule has 0 fully saturated rings. The van der Waals surface area contributed by atoms with Crippen molar-refractivity contribution in [3.8, 4) is 0 Å². The third-order valence-corrected chi connectivity index (χ3v) is 2.53. The second kappa shape index (κ2) is 6.90. The molecule has 0 aliphatic heterocycles. The lowest BCUT2D eigenvalue weighted by molar-refractivity contribution is 0.0931. The fourth-order valence-electron chi connectivity index (χ4n) is 1.40. The van der Waals surface area contributed by atoms with Crippen molar-refractivity contribution in [3.63, 3.8) is 0 Å². The van der Waals surface area contributed by atoms with Crippen molar-refractivity contribution < 1.29 is 4.79 Å². The highest BCUT2D eigenvalue weighted by Crippen LogP contribution is 2.01. The molecule has 6 heteroatoms. The monoisotopic (exact) mass is 251 g/mol. The molecule has 1 aromatic heterocycles. The second-order valence-electron chi connectivity index (χ2n) is 4.50. The van der Waals surface area contributed by atoms with Gasteiger partial charge in [-0.05, 0) is 34.0 Å². The molecule has 0 aromatic carbocycles.